The Kier molecular flexibility index (Phi) is 5.03. The molecule has 0 radical (unpaired) electrons. The molecule has 0 saturated heterocycles. The molecule has 19 heavy (non-hydrogen) atoms. The third kappa shape index (κ3) is 3.58. The molecule has 2 aromatic rings. The molecular weight excluding hydrogens is 485 g/mol. The highest BCUT2D eigenvalue weighted by atomic mass is 127. The molecular formula is C14H10Br2INO. The fraction of sp³-hybridized carbons (Fsp3) is 0.0714. The van der Waals surface area contributed by atoms with Gasteiger partial charge in [0.1, 0.15) is 0 Å². The number of carbonyl (C=O) groups excluding carboxylic acids is 1. The minimum absolute atomic E-state index is 0.102. The van der Waals surface area contributed by atoms with Crippen LogP contribution in [-0.4, -0.2) is 5.91 Å². The van der Waals surface area contributed by atoms with Gasteiger partial charge in [0.25, 0.3) is 5.91 Å². The molecule has 98 valence electrons. The Morgan fingerprint density at radius 3 is 2.68 bits per heavy atom. The highest BCUT2D eigenvalue weighted by Crippen LogP contribution is 2.25. The van der Waals surface area contributed by atoms with Crippen LogP contribution in [-0.2, 0) is 0 Å². The van der Waals surface area contributed by atoms with Crippen molar-refractivity contribution in [1.29, 1.82) is 0 Å². The molecule has 0 bridgehead atoms. The summed E-state index contributed by atoms with van der Waals surface area (Å²) in [5.74, 6) is -0.102. The van der Waals surface area contributed by atoms with E-state index in [1.165, 1.54) is 0 Å². The number of benzene rings is 2. The van der Waals surface area contributed by atoms with Crippen LogP contribution in [0.25, 0.3) is 0 Å². The van der Waals surface area contributed by atoms with Crippen molar-refractivity contribution in [2.24, 2.45) is 0 Å². The summed E-state index contributed by atoms with van der Waals surface area (Å²) in [6.07, 6.45) is 0. The van der Waals surface area contributed by atoms with E-state index in [0.29, 0.717) is 5.56 Å². The third-order valence-corrected chi connectivity index (χ3v) is 4.98. The van der Waals surface area contributed by atoms with Gasteiger partial charge < -0.3 is 5.32 Å². The van der Waals surface area contributed by atoms with Gasteiger partial charge in [-0.3, -0.25) is 4.79 Å². The number of hydrogen-bond donors (Lipinski definition) is 1. The van der Waals surface area contributed by atoms with Crippen molar-refractivity contribution in [3.05, 3.63) is 60.0 Å². The molecule has 0 aliphatic rings. The zero-order valence-corrected chi connectivity index (χ0v) is 15.3. The first kappa shape index (κ1) is 15.0. The fourth-order valence-electron chi connectivity index (χ4n) is 1.64. The summed E-state index contributed by atoms with van der Waals surface area (Å²) in [6.45, 7) is 1.92. The molecule has 0 aliphatic carbocycles. The fourth-order valence-corrected chi connectivity index (χ4v) is 2.83. The average Bonchev–Trinajstić information content (AvgIpc) is 2.37. The van der Waals surface area contributed by atoms with Crippen LogP contribution >= 0.6 is 54.5 Å². The van der Waals surface area contributed by atoms with E-state index in [1.54, 1.807) is 0 Å². The summed E-state index contributed by atoms with van der Waals surface area (Å²) in [6, 6.07) is 11.4. The number of anilines is 1. The Morgan fingerprint density at radius 2 is 1.95 bits per heavy atom. The van der Waals surface area contributed by atoms with Crippen molar-refractivity contribution in [3.63, 3.8) is 0 Å². The first-order valence-corrected chi connectivity index (χ1v) is 8.17. The van der Waals surface area contributed by atoms with Crippen LogP contribution in [0.3, 0.4) is 0 Å². The number of nitrogens with one attached hydrogen (secondary N) is 1. The lowest BCUT2D eigenvalue weighted by molar-refractivity contribution is 0.102. The van der Waals surface area contributed by atoms with Gasteiger partial charge in [-0.15, -0.1) is 0 Å². The van der Waals surface area contributed by atoms with Gasteiger partial charge >= 0.3 is 0 Å². The lowest BCUT2D eigenvalue weighted by Gasteiger charge is -2.10. The Bertz CT molecular complexity index is 643. The topological polar surface area (TPSA) is 29.1 Å². The Balaban J connectivity index is 2.31. The smallest absolute Gasteiger partial charge is 0.255 e. The molecule has 0 fully saturated rings. The largest absolute Gasteiger partial charge is 0.321 e. The van der Waals surface area contributed by atoms with E-state index < -0.39 is 0 Å². The van der Waals surface area contributed by atoms with Gasteiger partial charge in [-0.2, -0.15) is 0 Å². The number of hydrogen-bond acceptors (Lipinski definition) is 1. The number of halogens is 3. The van der Waals surface area contributed by atoms with E-state index in [9.17, 15) is 4.79 Å². The minimum atomic E-state index is -0.102. The molecule has 2 aromatic carbocycles. The van der Waals surface area contributed by atoms with E-state index >= 15 is 0 Å². The van der Waals surface area contributed by atoms with E-state index in [2.05, 4.69) is 59.8 Å². The second-order valence-electron chi connectivity index (χ2n) is 3.99. The normalized spacial score (nSPS) is 10.3. The SMILES string of the molecule is Cc1c(Br)cccc1C(=O)Nc1cc(Br)ccc1I. The van der Waals surface area contributed by atoms with Gasteiger partial charge in [-0.25, -0.2) is 0 Å². The molecule has 1 amide bonds. The predicted octanol–water partition coefficient (Wildman–Crippen LogP) is 5.38. The molecule has 2 nitrogen and oxygen atoms in total. The van der Waals surface area contributed by atoms with Crippen LogP contribution in [0.5, 0.6) is 0 Å². The Hall–Kier alpha value is -0.400. The third-order valence-electron chi connectivity index (χ3n) is 2.69. The Labute approximate surface area is 142 Å². The summed E-state index contributed by atoms with van der Waals surface area (Å²) in [5.41, 5.74) is 2.41. The van der Waals surface area contributed by atoms with Gasteiger partial charge in [0.15, 0.2) is 0 Å². The van der Waals surface area contributed by atoms with Crippen LogP contribution in [0.1, 0.15) is 15.9 Å². The van der Waals surface area contributed by atoms with Gasteiger partial charge in [-0.05, 0) is 65.4 Å². The van der Waals surface area contributed by atoms with Crippen LogP contribution in [0.15, 0.2) is 45.3 Å². The minimum Gasteiger partial charge on any atom is -0.321 e. The van der Waals surface area contributed by atoms with Crippen molar-refractivity contribution in [3.8, 4) is 0 Å². The molecule has 2 rings (SSSR count). The molecule has 0 saturated carbocycles. The Morgan fingerprint density at radius 1 is 1.21 bits per heavy atom. The van der Waals surface area contributed by atoms with Gasteiger partial charge in [0.2, 0.25) is 0 Å². The number of amides is 1. The summed E-state index contributed by atoms with van der Waals surface area (Å²) < 4.78 is 2.88. The standard InChI is InChI=1S/C14H10Br2INO/c1-8-10(3-2-4-11(8)16)14(19)18-13-7-9(15)5-6-12(13)17/h2-7H,1H3,(H,18,19). The lowest BCUT2D eigenvalue weighted by Crippen LogP contribution is -2.14. The van der Waals surface area contributed by atoms with E-state index in [1.807, 2.05) is 43.3 Å². The van der Waals surface area contributed by atoms with Crippen molar-refractivity contribution < 1.29 is 4.79 Å². The number of carbonyl (C=O) groups is 1. The van der Waals surface area contributed by atoms with Crippen molar-refractivity contribution >= 4 is 66.0 Å². The highest BCUT2D eigenvalue weighted by Gasteiger charge is 2.12. The molecule has 0 atom stereocenters. The predicted molar refractivity (Wildman–Crippen MR) is 93.7 cm³/mol. The van der Waals surface area contributed by atoms with E-state index in [-0.39, 0.29) is 5.91 Å². The maximum atomic E-state index is 12.3. The first-order valence-electron chi connectivity index (χ1n) is 5.50. The molecule has 0 heterocycles. The average molecular weight is 495 g/mol. The highest BCUT2D eigenvalue weighted by molar-refractivity contribution is 14.1. The van der Waals surface area contributed by atoms with Crippen LogP contribution < -0.4 is 5.32 Å². The van der Waals surface area contributed by atoms with Crippen LogP contribution in [0.2, 0.25) is 0 Å². The zero-order chi connectivity index (χ0) is 14.0. The summed E-state index contributed by atoms with van der Waals surface area (Å²) in [5, 5.41) is 2.94. The van der Waals surface area contributed by atoms with Crippen molar-refractivity contribution in [2.75, 3.05) is 5.32 Å². The van der Waals surface area contributed by atoms with Crippen molar-refractivity contribution in [1.82, 2.24) is 0 Å². The quantitative estimate of drug-likeness (QED) is 0.558. The summed E-state index contributed by atoms with van der Waals surface area (Å²) >= 11 is 9.04. The van der Waals surface area contributed by atoms with Gasteiger partial charge in [-0.1, -0.05) is 37.9 Å². The molecule has 0 aromatic heterocycles. The van der Waals surface area contributed by atoms with Crippen molar-refractivity contribution in [2.45, 2.75) is 6.92 Å². The molecule has 0 spiro atoms. The van der Waals surface area contributed by atoms with Gasteiger partial charge in [0.05, 0.1) is 5.69 Å². The van der Waals surface area contributed by atoms with Gasteiger partial charge in [0, 0.05) is 18.1 Å². The maximum Gasteiger partial charge on any atom is 0.255 e. The second kappa shape index (κ2) is 6.37. The monoisotopic (exact) mass is 493 g/mol. The van der Waals surface area contributed by atoms with E-state index in [0.717, 1.165) is 23.8 Å². The van der Waals surface area contributed by atoms with Crippen LogP contribution in [0.4, 0.5) is 5.69 Å². The molecule has 5 heteroatoms. The maximum absolute atomic E-state index is 12.3. The summed E-state index contributed by atoms with van der Waals surface area (Å²) in [4.78, 5) is 12.3. The second-order valence-corrected chi connectivity index (χ2v) is 6.92. The first-order chi connectivity index (χ1) is 8.99. The number of rotatable bonds is 2. The zero-order valence-electron chi connectivity index (χ0n) is 10.0. The van der Waals surface area contributed by atoms with Crippen LogP contribution in [0, 0.1) is 10.5 Å². The summed E-state index contributed by atoms with van der Waals surface area (Å²) in [7, 11) is 0. The molecule has 1 N–H and O–H groups in total. The molecule has 0 unspecified atom stereocenters. The lowest BCUT2D eigenvalue weighted by atomic mass is 10.1. The van der Waals surface area contributed by atoms with E-state index in [4.69, 9.17) is 0 Å². The molecule has 0 aliphatic heterocycles.